The molecule has 0 saturated heterocycles. The number of hydrogen-bond donors (Lipinski definition) is 2. The van der Waals surface area contributed by atoms with Gasteiger partial charge in [0.15, 0.2) is 5.69 Å². The highest BCUT2D eigenvalue weighted by molar-refractivity contribution is 9.11. The maximum atomic E-state index is 12.1. The molecule has 0 fully saturated rings. The molecule has 21 heavy (non-hydrogen) atoms. The van der Waals surface area contributed by atoms with Crippen LogP contribution in [0.4, 0.5) is 0 Å². The normalized spacial score (nSPS) is 10.8. The SMILES string of the molecule is Cn1cccc1CNC(=O)c1cc(-c2ccc(Br)s2)[nH]n1. The van der Waals surface area contributed by atoms with Crippen LogP contribution in [-0.4, -0.2) is 20.7 Å². The van der Waals surface area contributed by atoms with Gasteiger partial charge < -0.3 is 9.88 Å². The van der Waals surface area contributed by atoms with Gasteiger partial charge in [0.2, 0.25) is 0 Å². The number of carbonyl (C=O) groups excluding carboxylic acids is 1. The maximum absolute atomic E-state index is 12.1. The number of carbonyl (C=O) groups is 1. The lowest BCUT2D eigenvalue weighted by Gasteiger charge is -2.04. The van der Waals surface area contributed by atoms with Crippen molar-refractivity contribution in [2.75, 3.05) is 0 Å². The highest BCUT2D eigenvalue weighted by atomic mass is 79.9. The van der Waals surface area contributed by atoms with E-state index in [9.17, 15) is 4.79 Å². The number of aromatic amines is 1. The molecule has 0 radical (unpaired) electrons. The van der Waals surface area contributed by atoms with Gasteiger partial charge in [0.25, 0.3) is 5.91 Å². The Morgan fingerprint density at radius 3 is 3.00 bits per heavy atom. The predicted octanol–water partition coefficient (Wildman–Crippen LogP) is 3.17. The van der Waals surface area contributed by atoms with Crippen LogP contribution in [0.2, 0.25) is 0 Å². The van der Waals surface area contributed by atoms with Gasteiger partial charge in [-0.15, -0.1) is 11.3 Å². The third-order valence-electron chi connectivity index (χ3n) is 3.13. The number of amides is 1. The zero-order chi connectivity index (χ0) is 14.8. The minimum Gasteiger partial charge on any atom is -0.353 e. The van der Waals surface area contributed by atoms with Crippen LogP contribution in [0.25, 0.3) is 10.6 Å². The number of thiophene rings is 1. The van der Waals surface area contributed by atoms with Crippen LogP contribution in [0.1, 0.15) is 16.2 Å². The van der Waals surface area contributed by atoms with E-state index >= 15 is 0 Å². The van der Waals surface area contributed by atoms with Crippen LogP contribution in [0, 0.1) is 0 Å². The molecule has 3 aromatic heterocycles. The molecule has 0 unspecified atom stereocenters. The third-order valence-corrected chi connectivity index (χ3v) is 4.79. The van der Waals surface area contributed by atoms with Gasteiger partial charge >= 0.3 is 0 Å². The van der Waals surface area contributed by atoms with Gasteiger partial charge in [0, 0.05) is 18.9 Å². The van der Waals surface area contributed by atoms with Crippen LogP contribution < -0.4 is 5.32 Å². The average molecular weight is 365 g/mol. The quantitative estimate of drug-likeness (QED) is 0.746. The summed E-state index contributed by atoms with van der Waals surface area (Å²) in [5.41, 5.74) is 2.28. The van der Waals surface area contributed by atoms with E-state index in [1.165, 1.54) is 0 Å². The average Bonchev–Trinajstić information content (AvgIpc) is 3.16. The first-order valence-corrected chi connectivity index (χ1v) is 7.94. The van der Waals surface area contributed by atoms with E-state index in [0.717, 1.165) is 20.1 Å². The molecule has 7 heteroatoms. The zero-order valence-corrected chi connectivity index (χ0v) is 13.7. The molecular weight excluding hydrogens is 352 g/mol. The molecule has 0 aromatic carbocycles. The molecule has 1 amide bonds. The Kier molecular flexibility index (Phi) is 3.94. The summed E-state index contributed by atoms with van der Waals surface area (Å²) in [6.45, 7) is 0.481. The fourth-order valence-corrected chi connectivity index (χ4v) is 3.32. The first-order valence-electron chi connectivity index (χ1n) is 6.33. The highest BCUT2D eigenvalue weighted by Gasteiger charge is 2.12. The second kappa shape index (κ2) is 5.87. The summed E-state index contributed by atoms with van der Waals surface area (Å²) in [7, 11) is 1.95. The number of nitrogens with zero attached hydrogens (tertiary/aromatic N) is 2. The number of halogens is 1. The molecule has 0 bridgehead atoms. The Hall–Kier alpha value is -1.86. The van der Waals surface area contributed by atoms with Crippen molar-refractivity contribution in [3.63, 3.8) is 0 Å². The van der Waals surface area contributed by atoms with Gasteiger partial charge in [-0.05, 0) is 46.3 Å². The molecule has 0 spiro atoms. The molecule has 2 N–H and O–H groups in total. The van der Waals surface area contributed by atoms with Crippen LogP contribution in [0.5, 0.6) is 0 Å². The Morgan fingerprint density at radius 1 is 1.48 bits per heavy atom. The number of aromatic nitrogens is 3. The van der Waals surface area contributed by atoms with E-state index < -0.39 is 0 Å². The van der Waals surface area contributed by atoms with E-state index in [4.69, 9.17) is 0 Å². The van der Waals surface area contributed by atoms with Gasteiger partial charge in [-0.25, -0.2) is 0 Å². The number of nitrogens with one attached hydrogen (secondary N) is 2. The van der Waals surface area contributed by atoms with Gasteiger partial charge in [-0.2, -0.15) is 5.10 Å². The summed E-state index contributed by atoms with van der Waals surface area (Å²) in [5.74, 6) is -0.186. The molecule has 0 aliphatic carbocycles. The van der Waals surface area contributed by atoms with Gasteiger partial charge in [-0.1, -0.05) is 0 Å². The summed E-state index contributed by atoms with van der Waals surface area (Å²) < 4.78 is 3.02. The second-order valence-corrected chi connectivity index (χ2v) is 7.03. The van der Waals surface area contributed by atoms with Crippen molar-refractivity contribution in [2.45, 2.75) is 6.54 Å². The summed E-state index contributed by atoms with van der Waals surface area (Å²) in [4.78, 5) is 13.1. The van der Waals surface area contributed by atoms with Crippen molar-refractivity contribution < 1.29 is 4.79 Å². The summed E-state index contributed by atoms with van der Waals surface area (Å²) >= 11 is 5.01. The van der Waals surface area contributed by atoms with Crippen LogP contribution in [0.3, 0.4) is 0 Å². The van der Waals surface area contributed by atoms with Crippen molar-refractivity contribution in [3.8, 4) is 10.6 Å². The maximum Gasteiger partial charge on any atom is 0.272 e. The number of hydrogen-bond acceptors (Lipinski definition) is 3. The van der Waals surface area contributed by atoms with Gasteiger partial charge in [0.1, 0.15) is 0 Å². The largest absolute Gasteiger partial charge is 0.353 e. The minimum absolute atomic E-state index is 0.186. The van der Waals surface area contributed by atoms with E-state index in [1.807, 2.05) is 42.1 Å². The molecule has 108 valence electrons. The Morgan fingerprint density at radius 2 is 2.33 bits per heavy atom. The fraction of sp³-hybridized carbons (Fsp3) is 0.143. The number of rotatable bonds is 4. The van der Waals surface area contributed by atoms with Crippen molar-refractivity contribution in [1.82, 2.24) is 20.1 Å². The van der Waals surface area contributed by atoms with Gasteiger partial charge in [0.05, 0.1) is 20.9 Å². The van der Waals surface area contributed by atoms with Crippen molar-refractivity contribution in [3.05, 3.63) is 51.7 Å². The van der Waals surface area contributed by atoms with Gasteiger partial charge in [-0.3, -0.25) is 9.89 Å². The summed E-state index contributed by atoms with van der Waals surface area (Å²) in [5, 5.41) is 9.83. The Labute approximate surface area is 134 Å². The monoisotopic (exact) mass is 364 g/mol. The molecule has 3 aromatic rings. The first kappa shape index (κ1) is 14.1. The molecule has 3 heterocycles. The highest BCUT2D eigenvalue weighted by Crippen LogP contribution is 2.30. The van der Waals surface area contributed by atoms with Crippen LogP contribution in [0.15, 0.2) is 40.3 Å². The zero-order valence-electron chi connectivity index (χ0n) is 11.3. The fourth-order valence-electron chi connectivity index (χ4n) is 1.96. The smallest absolute Gasteiger partial charge is 0.272 e. The Bertz CT molecular complexity index is 773. The molecule has 0 atom stereocenters. The topological polar surface area (TPSA) is 62.7 Å². The van der Waals surface area contributed by atoms with E-state index in [2.05, 4.69) is 31.4 Å². The molecule has 3 rings (SSSR count). The molecule has 0 saturated carbocycles. The molecule has 0 aliphatic rings. The second-order valence-electron chi connectivity index (χ2n) is 4.56. The van der Waals surface area contributed by atoms with E-state index in [0.29, 0.717) is 12.2 Å². The lowest BCUT2D eigenvalue weighted by molar-refractivity contribution is 0.0945. The van der Waals surface area contributed by atoms with E-state index in [1.54, 1.807) is 17.4 Å². The minimum atomic E-state index is -0.186. The summed E-state index contributed by atoms with van der Waals surface area (Å²) in [6.07, 6.45) is 1.95. The van der Waals surface area contributed by atoms with Crippen LogP contribution in [-0.2, 0) is 13.6 Å². The van der Waals surface area contributed by atoms with Crippen molar-refractivity contribution in [2.24, 2.45) is 7.05 Å². The number of aryl methyl sites for hydroxylation is 1. The van der Waals surface area contributed by atoms with Crippen molar-refractivity contribution >= 4 is 33.2 Å². The predicted molar refractivity (Wildman–Crippen MR) is 86.2 cm³/mol. The standard InChI is InChI=1S/C14H13BrN4OS/c1-19-6-2-3-9(19)8-16-14(20)11-7-10(17-18-11)12-4-5-13(15)21-12/h2-7H,8H2,1H3,(H,16,20)(H,17,18). The third kappa shape index (κ3) is 3.08. The van der Waals surface area contributed by atoms with Crippen LogP contribution >= 0.6 is 27.3 Å². The molecular formula is C14H13BrN4OS. The lowest BCUT2D eigenvalue weighted by atomic mass is 10.3. The van der Waals surface area contributed by atoms with Crippen molar-refractivity contribution in [1.29, 1.82) is 0 Å². The van der Waals surface area contributed by atoms with E-state index in [-0.39, 0.29) is 5.91 Å². The first-order chi connectivity index (χ1) is 10.1. The summed E-state index contributed by atoms with van der Waals surface area (Å²) in [6, 6.07) is 9.63. The molecule has 0 aliphatic heterocycles. The Balaban J connectivity index is 1.68. The number of H-pyrrole nitrogens is 1. The lowest BCUT2D eigenvalue weighted by Crippen LogP contribution is -2.24. The molecule has 5 nitrogen and oxygen atoms in total.